The third-order valence-corrected chi connectivity index (χ3v) is 5.69. The Bertz CT molecular complexity index is 722. The number of rotatable bonds is 3. The van der Waals surface area contributed by atoms with Gasteiger partial charge in [-0.2, -0.15) is 0 Å². The summed E-state index contributed by atoms with van der Waals surface area (Å²) in [6.45, 7) is 2.88. The molecule has 1 atom stereocenters. The molecule has 3 aliphatic rings. The number of urea groups is 1. The molecule has 25 heavy (non-hydrogen) atoms. The second-order valence-electron chi connectivity index (χ2n) is 7.55. The summed E-state index contributed by atoms with van der Waals surface area (Å²) in [5, 5.41) is 2.90. The van der Waals surface area contributed by atoms with Crippen molar-refractivity contribution in [2.24, 2.45) is 5.92 Å². The summed E-state index contributed by atoms with van der Waals surface area (Å²) in [5.41, 5.74) is 1.35. The molecule has 1 aromatic rings. The number of nitrogens with zero attached hydrogens (tertiary/aromatic N) is 2. The van der Waals surface area contributed by atoms with Crippen LogP contribution in [-0.4, -0.2) is 41.4 Å². The Morgan fingerprint density at radius 2 is 1.80 bits per heavy atom. The number of nitrogens with one attached hydrogen (secondary N) is 1. The van der Waals surface area contributed by atoms with Crippen molar-refractivity contribution in [2.45, 2.75) is 44.6 Å². The van der Waals surface area contributed by atoms with Crippen molar-refractivity contribution in [3.8, 4) is 0 Å². The number of carbonyl (C=O) groups excluding carboxylic acids is 3. The molecule has 3 fully saturated rings. The highest BCUT2D eigenvalue weighted by atomic mass is 16.2. The lowest BCUT2D eigenvalue weighted by Gasteiger charge is -2.22. The Morgan fingerprint density at radius 3 is 2.48 bits per heavy atom. The second-order valence-corrected chi connectivity index (χ2v) is 7.55. The zero-order valence-electron chi connectivity index (χ0n) is 14.5. The Labute approximate surface area is 147 Å². The maximum absolute atomic E-state index is 12.7. The molecule has 4 amide bonds. The first-order valence-electron chi connectivity index (χ1n) is 9.00. The molecule has 0 radical (unpaired) electrons. The molecule has 2 aliphatic heterocycles. The molecule has 1 aliphatic carbocycles. The molecule has 1 saturated carbocycles. The molecule has 1 aromatic carbocycles. The molecule has 132 valence electrons. The van der Waals surface area contributed by atoms with Crippen molar-refractivity contribution in [3.05, 3.63) is 29.8 Å². The molecule has 2 heterocycles. The van der Waals surface area contributed by atoms with E-state index in [1.165, 1.54) is 4.90 Å². The van der Waals surface area contributed by atoms with Gasteiger partial charge in [-0.3, -0.25) is 14.5 Å². The predicted octanol–water partition coefficient (Wildman–Crippen LogP) is 2.21. The Kier molecular flexibility index (Phi) is 3.78. The van der Waals surface area contributed by atoms with Gasteiger partial charge in [-0.25, -0.2) is 4.79 Å². The van der Waals surface area contributed by atoms with E-state index < -0.39 is 5.54 Å². The van der Waals surface area contributed by atoms with Crippen LogP contribution in [-0.2, 0) is 9.59 Å². The smallest absolute Gasteiger partial charge is 0.323 e. The first kappa shape index (κ1) is 16.1. The van der Waals surface area contributed by atoms with Crippen molar-refractivity contribution >= 4 is 23.5 Å². The first-order chi connectivity index (χ1) is 12.0. The van der Waals surface area contributed by atoms with E-state index in [0.717, 1.165) is 36.9 Å². The molecule has 4 rings (SSSR count). The largest absolute Gasteiger partial charge is 0.325 e. The molecule has 0 aromatic heterocycles. The number of carbonyl (C=O) groups is 3. The monoisotopic (exact) mass is 341 g/mol. The lowest BCUT2D eigenvalue weighted by atomic mass is 9.97. The van der Waals surface area contributed by atoms with Gasteiger partial charge in [-0.05, 0) is 31.9 Å². The lowest BCUT2D eigenvalue weighted by molar-refractivity contribution is -0.131. The van der Waals surface area contributed by atoms with Crippen LogP contribution in [0.5, 0.6) is 0 Å². The van der Waals surface area contributed by atoms with Crippen LogP contribution >= 0.6 is 0 Å². The summed E-state index contributed by atoms with van der Waals surface area (Å²) in [4.78, 5) is 40.5. The topological polar surface area (TPSA) is 69.7 Å². The van der Waals surface area contributed by atoms with E-state index in [0.29, 0.717) is 19.5 Å². The SMILES string of the molecule is Cc1ccc(N2CC(CN3C(=O)NC4(CCCC4)C3=O)CC2=O)cc1. The molecule has 6 heteroatoms. The van der Waals surface area contributed by atoms with Crippen LogP contribution in [0.3, 0.4) is 0 Å². The van der Waals surface area contributed by atoms with Gasteiger partial charge in [0.15, 0.2) is 0 Å². The fourth-order valence-corrected chi connectivity index (χ4v) is 4.30. The van der Waals surface area contributed by atoms with Crippen molar-refractivity contribution < 1.29 is 14.4 Å². The van der Waals surface area contributed by atoms with E-state index in [4.69, 9.17) is 0 Å². The van der Waals surface area contributed by atoms with Crippen LogP contribution in [0.2, 0.25) is 0 Å². The zero-order chi connectivity index (χ0) is 17.6. The zero-order valence-corrected chi connectivity index (χ0v) is 14.5. The molecule has 0 bridgehead atoms. The van der Waals surface area contributed by atoms with Crippen LogP contribution < -0.4 is 10.2 Å². The standard InChI is InChI=1S/C19H23N3O3/c1-13-4-6-15(7-5-13)21-11-14(10-16(21)23)12-22-17(24)19(20-18(22)25)8-2-3-9-19/h4-7,14H,2-3,8-12H2,1H3,(H,20,25). The van der Waals surface area contributed by atoms with Crippen LogP contribution in [0.1, 0.15) is 37.7 Å². The highest BCUT2D eigenvalue weighted by Gasteiger charge is 2.53. The maximum atomic E-state index is 12.7. The van der Waals surface area contributed by atoms with Gasteiger partial charge in [0.2, 0.25) is 5.91 Å². The van der Waals surface area contributed by atoms with Crippen LogP contribution in [0.4, 0.5) is 10.5 Å². The molecule has 2 saturated heterocycles. The minimum Gasteiger partial charge on any atom is -0.323 e. The summed E-state index contributed by atoms with van der Waals surface area (Å²) in [6.07, 6.45) is 3.78. The quantitative estimate of drug-likeness (QED) is 0.857. The van der Waals surface area contributed by atoms with Crippen molar-refractivity contribution in [2.75, 3.05) is 18.0 Å². The summed E-state index contributed by atoms with van der Waals surface area (Å²) in [5.74, 6) is -0.0622. The van der Waals surface area contributed by atoms with Crippen LogP contribution in [0.15, 0.2) is 24.3 Å². The fraction of sp³-hybridized carbons (Fsp3) is 0.526. The van der Waals surface area contributed by atoms with Gasteiger partial charge < -0.3 is 10.2 Å². The van der Waals surface area contributed by atoms with Gasteiger partial charge in [0, 0.05) is 31.1 Å². The van der Waals surface area contributed by atoms with Gasteiger partial charge >= 0.3 is 6.03 Å². The number of imide groups is 1. The molecular weight excluding hydrogens is 318 g/mol. The third-order valence-electron chi connectivity index (χ3n) is 5.69. The second kappa shape index (κ2) is 5.86. The van der Waals surface area contributed by atoms with Gasteiger partial charge in [0.1, 0.15) is 5.54 Å². The van der Waals surface area contributed by atoms with Crippen LogP contribution in [0, 0.1) is 12.8 Å². The average Bonchev–Trinajstić information content (AvgIpc) is 3.25. The summed E-state index contributed by atoms with van der Waals surface area (Å²) in [7, 11) is 0. The summed E-state index contributed by atoms with van der Waals surface area (Å²) >= 11 is 0. The number of benzene rings is 1. The average molecular weight is 341 g/mol. The predicted molar refractivity (Wildman–Crippen MR) is 93.1 cm³/mol. The normalized spacial score (nSPS) is 25.3. The maximum Gasteiger partial charge on any atom is 0.325 e. The molecule has 1 unspecified atom stereocenters. The first-order valence-corrected chi connectivity index (χ1v) is 9.00. The van der Waals surface area contributed by atoms with Gasteiger partial charge in [0.05, 0.1) is 0 Å². The van der Waals surface area contributed by atoms with Crippen molar-refractivity contribution in [3.63, 3.8) is 0 Å². The van der Waals surface area contributed by atoms with Gasteiger partial charge in [-0.1, -0.05) is 30.5 Å². The van der Waals surface area contributed by atoms with E-state index in [2.05, 4.69) is 5.32 Å². The van der Waals surface area contributed by atoms with E-state index >= 15 is 0 Å². The van der Waals surface area contributed by atoms with Crippen molar-refractivity contribution in [1.82, 2.24) is 10.2 Å². The lowest BCUT2D eigenvalue weighted by Crippen LogP contribution is -2.44. The Morgan fingerprint density at radius 1 is 1.12 bits per heavy atom. The fourth-order valence-electron chi connectivity index (χ4n) is 4.30. The van der Waals surface area contributed by atoms with Gasteiger partial charge in [-0.15, -0.1) is 0 Å². The third kappa shape index (κ3) is 2.69. The number of aryl methyl sites for hydroxylation is 1. The van der Waals surface area contributed by atoms with E-state index in [9.17, 15) is 14.4 Å². The number of hydrogen-bond donors (Lipinski definition) is 1. The Balaban J connectivity index is 1.45. The summed E-state index contributed by atoms with van der Waals surface area (Å²) < 4.78 is 0. The summed E-state index contributed by atoms with van der Waals surface area (Å²) in [6, 6.07) is 7.55. The highest BCUT2D eigenvalue weighted by molar-refractivity contribution is 6.07. The van der Waals surface area contributed by atoms with E-state index in [1.807, 2.05) is 31.2 Å². The molecule has 1 N–H and O–H groups in total. The molecule has 6 nitrogen and oxygen atoms in total. The number of hydrogen-bond acceptors (Lipinski definition) is 3. The number of amides is 4. The van der Waals surface area contributed by atoms with Gasteiger partial charge in [0.25, 0.3) is 5.91 Å². The minimum atomic E-state index is -0.670. The minimum absolute atomic E-state index is 0.0138. The van der Waals surface area contributed by atoms with E-state index in [1.54, 1.807) is 4.90 Å². The van der Waals surface area contributed by atoms with Crippen LogP contribution in [0.25, 0.3) is 0 Å². The highest BCUT2D eigenvalue weighted by Crippen LogP contribution is 2.36. The van der Waals surface area contributed by atoms with E-state index in [-0.39, 0.29) is 23.8 Å². The Hall–Kier alpha value is -2.37. The molecular formula is C19H23N3O3. The van der Waals surface area contributed by atoms with Crippen molar-refractivity contribution in [1.29, 1.82) is 0 Å². The molecule has 1 spiro atoms. The number of anilines is 1.